The largest absolute Gasteiger partial charge is 0.382 e. The molecule has 13 atom stereocenters. The number of rotatable bonds is 15. The molecule has 7 aliphatic rings. The molecule has 2 bridgehead atoms. The van der Waals surface area contributed by atoms with Gasteiger partial charge >= 0.3 is 0 Å². The van der Waals surface area contributed by atoms with Crippen molar-refractivity contribution in [1.82, 2.24) is 60.0 Å². The Bertz CT molecular complexity index is 3100. The van der Waals surface area contributed by atoms with E-state index in [1.807, 2.05) is 46.8 Å². The minimum atomic E-state index is -1.60. The number of hydrogen-bond acceptors (Lipinski definition) is 14. The van der Waals surface area contributed by atoms with Crippen LogP contribution in [0.3, 0.4) is 0 Å². The number of ether oxygens (including phenoxy) is 2. The lowest BCUT2D eigenvalue weighted by Gasteiger charge is -2.54. The third-order valence-corrected chi connectivity index (χ3v) is 25.3. The minimum Gasteiger partial charge on any atom is -0.382 e. The van der Waals surface area contributed by atoms with Crippen molar-refractivity contribution in [2.24, 2.45) is 35.0 Å². The summed E-state index contributed by atoms with van der Waals surface area (Å²) >= 11 is 13.4. The molecule has 0 aromatic carbocycles. The summed E-state index contributed by atoms with van der Waals surface area (Å²) in [5, 5.41) is 8.50. The Labute approximate surface area is 634 Å². The van der Waals surface area contributed by atoms with E-state index in [4.69, 9.17) is 32.7 Å². The molecule has 7 rings (SSSR count). The summed E-state index contributed by atoms with van der Waals surface area (Å²) in [6, 6.07) is -9.97. The highest BCUT2D eigenvalue weighted by Crippen LogP contribution is 2.50. The fourth-order valence-corrected chi connectivity index (χ4v) is 18.1. The van der Waals surface area contributed by atoms with Crippen molar-refractivity contribution in [3.8, 4) is 0 Å². The summed E-state index contributed by atoms with van der Waals surface area (Å²) in [6.07, 6.45) is 14.2. The topological polar surface area (TPSA) is 289 Å². The van der Waals surface area contributed by atoms with Gasteiger partial charge in [-0.05, 0) is 112 Å². The Morgan fingerprint density at radius 2 is 1.29 bits per heavy atom. The molecule has 0 aromatic heterocycles. The SMILES string of the molecule is CCC(CC)[C@H]1C(=O)N(C)[C@H](C(=O)N(C)C)CC(=O)N(C)[C@@H](COC)C(=O)N[C@@H]([C@@H](C)CC)C(=O)N(C)CC(=O)N(C)[C@H]2C/C=C\CCN(C2=O)[C@@H](CC2CCC(C)CC2)C(=O)N(C)CC(=O)N[C@@H](CCC2CCC(Cl)C(Cl)C2)C(=O)N2C[C@H](OC3CCCC3)C[C@H]2C(=O)NC2(CC(C)(C)C2)C(=O)N1C. The third-order valence-electron chi connectivity index (χ3n) is 24.2. The first-order valence-electron chi connectivity index (χ1n) is 38.9. The van der Waals surface area contributed by atoms with Gasteiger partial charge in [0.2, 0.25) is 70.9 Å². The van der Waals surface area contributed by atoms with Gasteiger partial charge in [0.1, 0.15) is 53.9 Å². The van der Waals surface area contributed by atoms with E-state index in [9.17, 15) is 28.8 Å². The van der Waals surface area contributed by atoms with Gasteiger partial charge in [0.05, 0.1) is 43.7 Å². The maximum Gasteiger partial charge on any atom is 0.248 e. The predicted octanol–water partition coefficient (Wildman–Crippen LogP) is 5.96. The Balaban J connectivity index is 1.34. The summed E-state index contributed by atoms with van der Waals surface area (Å²) in [5.41, 5.74) is -2.09. The van der Waals surface area contributed by atoms with Crippen molar-refractivity contribution in [3.63, 3.8) is 0 Å². The summed E-state index contributed by atoms with van der Waals surface area (Å²) in [4.78, 5) is 194. The third kappa shape index (κ3) is 21.4. The molecule has 3 heterocycles. The Morgan fingerprint density at radius 3 is 1.89 bits per heavy atom. The van der Waals surface area contributed by atoms with Crippen LogP contribution in [0.25, 0.3) is 0 Å². The number of fused-ring (bicyclic) bond motifs is 3. The number of amides is 12. The van der Waals surface area contributed by atoms with E-state index < -0.39 is 168 Å². The highest BCUT2D eigenvalue weighted by Gasteiger charge is 2.59. The van der Waals surface area contributed by atoms with Crippen LogP contribution in [0.5, 0.6) is 0 Å². The standard InChI is InChI=1S/C77H126Cl2N12O14/c1-17-48(5)65-73(101)85(11)43-64(94)86(12)57-27-21-20-24-36-90(72(57)100)60(38-50-30-28-47(4)29-31-50)71(99)84(10)42-62(92)80-56(35-33-49-32-34-54(78)55(79)37-49)69(97)91-41-53(105-52-25-22-23-26-52)39-58(91)68(96)82-77(45-76(6,7)46-77)75(103)89(15)66(51(18-2)19-3)74(102)88(14)59(70(98)83(8)9)40-63(93)87(13)61(44-104-16)67(95)81-65/h20-21,47-61,65-66H,17-19,22-46H2,1-16H3,(H,80,92)(H,81,95)(H,82,96)/b21-20-/t47?,48-,49?,50?,53+,54?,55?,56-,57-,58-,59-,60-,61-,65-,66-/m0/s1. The van der Waals surface area contributed by atoms with E-state index in [0.717, 1.165) is 62.7 Å². The Morgan fingerprint density at radius 1 is 0.648 bits per heavy atom. The minimum absolute atomic E-state index is 0.00936. The van der Waals surface area contributed by atoms with Crippen molar-refractivity contribution in [2.75, 3.05) is 96.3 Å². The molecule has 0 radical (unpaired) electrons. The van der Waals surface area contributed by atoms with Crippen molar-refractivity contribution in [2.45, 2.75) is 273 Å². The van der Waals surface area contributed by atoms with Gasteiger partial charge in [0.25, 0.3) is 0 Å². The second-order valence-corrected chi connectivity index (χ2v) is 34.0. The molecular weight excluding hydrogens is 1390 g/mol. The molecule has 592 valence electrons. The number of nitrogens with zero attached hydrogens (tertiary/aromatic N) is 9. The first-order valence-corrected chi connectivity index (χ1v) is 39.8. The quantitative estimate of drug-likeness (QED) is 0.126. The van der Waals surface area contributed by atoms with Crippen LogP contribution >= 0.6 is 23.2 Å². The molecule has 4 saturated carbocycles. The Hall–Kier alpha value is -6.12. The van der Waals surface area contributed by atoms with Gasteiger partial charge in [-0.15, -0.1) is 23.2 Å². The number of carbonyl (C=O) groups excluding carboxylic acids is 12. The lowest BCUT2D eigenvalue weighted by Crippen LogP contribution is -2.71. The van der Waals surface area contributed by atoms with Crippen LogP contribution in [0, 0.1) is 35.0 Å². The Kier molecular flexibility index (Phi) is 31.4. The van der Waals surface area contributed by atoms with Crippen LogP contribution < -0.4 is 16.0 Å². The maximum absolute atomic E-state index is 15.9. The zero-order valence-electron chi connectivity index (χ0n) is 65.8. The first-order chi connectivity index (χ1) is 49.5. The predicted molar refractivity (Wildman–Crippen MR) is 401 cm³/mol. The molecule has 3 aliphatic heterocycles. The van der Waals surface area contributed by atoms with E-state index in [2.05, 4.69) is 22.9 Å². The lowest BCUT2D eigenvalue weighted by atomic mass is 9.58. The van der Waals surface area contributed by atoms with Crippen molar-refractivity contribution < 1.29 is 67.0 Å². The van der Waals surface area contributed by atoms with Gasteiger partial charge in [-0.1, -0.05) is 118 Å². The fourth-order valence-electron chi connectivity index (χ4n) is 17.5. The van der Waals surface area contributed by atoms with Gasteiger partial charge in [0, 0.05) is 88.4 Å². The number of hydrogen-bond donors (Lipinski definition) is 3. The molecule has 28 heteroatoms. The summed E-state index contributed by atoms with van der Waals surface area (Å²) in [7, 11) is 13.0. The maximum atomic E-state index is 15.9. The molecule has 0 aromatic rings. The zero-order chi connectivity index (χ0) is 77.7. The summed E-state index contributed by atoms with van der Waals surface area (Å²) in [5.74, 6) is -7.95. The number of carbonyl (C=O) groups is 12. The number of alkyl halides is 2. The van der Waals surface area contributed by atoms with Crippen LogP contribution in [-0.2, 0) is 67.0 Å². The normalized spacial score (nSPS) is 32.0. The van der Waals surface area contributed by atoms with E-state index in [0.29, 0.717) is 50.9 Å². The van der Waals surface area contributed by atoms with Crippen LogP contribution in [0.15, 0.2) is 12.2 Å². The molecule has 4 aliphatic carbocycles. The van der Waals surface area contributed by atoms with Crippen molar-refractivity contribution in [1.29, 1.82) is 0 Å². The molecule has 12 amide bonds. The van der Waals surface area contributed by atoms with Gasteiger partial charge in [-0.25, -0.2) is 0 Å². The van der Waals surface area contributed by atoms with E-state index in [-0.39, 0.29) is 86.9 Å². The fraction of sp³-hybridized carbons (Fsp3) is 0.818. The molecule has 2 saturated heterocycles. The highest BCUT2D eigenvalue weighted by atomic mass is 35.5. The molecule has 6 fully saturated rings. The molecule has 1 spiro atoms. The molecular formula is C77H126Cl2N12O14. The number of nitrogens with one attached hydrogen (secondary N) is 3. The van der Waals surface area contributed by atoms with E-state index in [1.54, 1.807) is 11.8 Å². The second kappa shape index (κ2) is 38.3. The van der Waals surface area contributed by atoms with Crippen molar-refractivity contribution >= 4 is 94.1 Å². The summed E-state index contributed by atoms with van der Waals surface area (Å²) < 4.78 is 12.3. The van der Waals surface area contributed by atoms with Gasteiger partial charge in [0.15, 0.2) is 0 Å². The number of likely N-dealkylation sites (N-methyl/N-ethyl adjacent to an activating group) is 7. The lowest BCUT2D eigenvalue weighted by molar-refractivity contribution is -0.161. The first kappa shape index (κ1) is 86.1. The zero-order valence-corrected chi connectivity index (χ0v) is 67.3. The average Bonchev–Trinajstić information content (AvgIpc) is 1.23. The van der Waals surface area contributed by atoms with Crippen LogP contribution in [-0.4, -0.2) is 288 Å². The van der Waals surface area contributed by atoms with Gasteiger partial charge < -0.3 is 69.5 Å². The number of methoxy groups -OCH3 is 1. The van der Waals surface area contributed by atoms with Gasteiger partial charge in [-0.2, -0.15) is 0 Å². The van der Waals surface area contributed by atoms with Crippen molar-refractivity contribution in [3.05, 3.63) is 12.2 Å². The van der Waals surface area contributed by atoms with Gasteiger partial charge in [-0.3, -0.25) is 57.5 Å². The van der Waals surface area contributed by atoms with E-state index >= 15 is 28.8 Å². The molecule has 3 unspecified atom stereocenters. The molecule has 3 N–H and O–H groups in total. The highest BCUT2D eigenvalue weighted by molar-refractivity contribution is 6.30. The second-order valence-electron chi connectivity index (χ2n) is 32.9. The monoisotopic (exact) mass is 1510 g/mol. The summed E-state index contributed by atoms with van der Waals surface area (Å²) in [6.45, 7) is 12.2. The van der Waals surface area contributed by atoms with Crippen LogP contribution in [0.1, 0.15) is 196 Å². The smallest absolute Gasteiger partial charge is 0.248 e. The average molecular weight is 1510 g/mol. The number of halogens is 2. The van der Waals surface area contributed by atoms with Crippen LogP contribution in [0.2, 0.25) is 0 Å². The molecule has 105 heavy (non-hydrogen) atoms. The van der Waals surface area contributed by atoms with E-state index in [1.165, 1.54) is 97.8 Å². The van der Waals surface area contributed by atoms with Crippen LogP contribution in [0.4, 0.5) is 0 Å². The molecule has 26 nitrogen and oxygen atoms in total.